The predicted molar refractivity (Wildman–Crippen MR) is 148 cm³/mol. The lowest BCUT2D eigenvalue weighted by atomic mass is 9.96. The molecule has 1 N–H and O–H groups in total. The van der Waals surface area contributed by atoms with E-state index in [0.717, 1.165) is 69.2 Å². The van der Waals surface area contributed by atoms with Crippen molar-refractivity contribution in [2.45, 2.75) is 38.3 Å². The third kappa shape index (κ3) is 6.24. The minimum Gasteiger partial charge on any atom is -0.313 e. The number of halogens is 1. The van der Waals surface area contributed by atoms with Crippen LogP contribution < -0.4 is 5.32 Å². The minimum atomic E-state index is 0.231. The number of nitrogens with zero attached hydrogens (tertiary/aromatic N) is 2. The van der Waals surface area contributed by atoms with Crippen molar-refractivity contribution in [3.63, 3.8) is 0 Å². The smallest absolute Gasteiger partial charge is 0.162 e. The second kappa shape index (κ2) is 12.2. The number of benzene rings is 3. The summed E-state index contributed by atoms with van der Waals surface area (Å²) in [6, 6.07) is 25.6. The first-order valence-corrected chi connectivity index (χ1v) is 13.7. The highest BCUT2D eigenvalue weighted by molar-refractivity contribution is 6.30. The number of fused-ring (bicyclic) bond motifs is 1. The van der Waals surface area contributed by atoms with E-state index in [1.54, 1.807) is 0 Å². The summed E-state index contributed by atoms with van der Waals surface area (Å²) < 4.78 is 0. The van der Waals surface area contributed by atoms with Gasteiger partial charge in [0.05, 0.1) is 6.04 Å². The third-order valence-electron chi connectivity index (χ3n) is 7.59. The molecule has 0 spiro atoms. The van der Waals surface area contributed by atoms with Gasteiger partial charge in [0.1, 0.15) is 0 Å². The van der Waals surface area contributed by atoms with Gasteiger partial charge in [-0.1, -0.05) is 66.2 Å². The molecule has 1 unspecified atom stereocenters. The molecule has 0 saturated carbocycles. The minimum absolute atomic E-state index is 0.231. The quantitative estimate of drug-likeness (QED) is 0.399. The summed E-state index contributed by atoms with van der Waals surface area (Å²) in [5.41, 5.74) is 6.15. The molecule has 0 aliphatic carbocycles. The highest BCUT2D eigenvalue weighted by Gasteiger charge is 2.26. The first-order valence-electron chi connectivity index (χ1n) is 13.3. The van der Waals surface area contributed by atoms with Crippen LogP contribution in [-0.2, 0) is 13.0 Å². The average Bonchev–Trinajstić information content (AvgIpc) is 3.16. The van der Waals surface area contributed by atoms with Crippen LogP contribution in [0.5, 0.6) is 0 Å². The molecule has 2 aliphatic heterocycles. The molecule has 36 heavy (non-hydrogen) atoms. The van der Waals surface area contributed by atoms with Crippen LogP contribution in [0.3, 0.4) is 0 Å². The zero-order chi connectivity index (χ0) is 24.7. The van der Waals surface area contributed by atoms with Gasteiger partial charge in [-0.2, -0.15) is 0 Å². The predicted octanol–water partition coefficient (Wildman–Crippen LogP) is 5.75. The Kier molecular flexibility index (Phi) is 8.50. The van der Waals surface area contributed by atoms with Gasteiger partial charge in [-0.3, -0.25) is 9.69 Å². The Hall–Kier alpha value is -2.50. The summed E-state index contributed by atoms with van der Waals surface area (Å²) in [5.74, 6) is 0.271. The number of hydrogen-bond donors (Lipinski definition) is 1. The molecule has 2 heterocycles. The number of hydrogen-bond acceptors (Lipinski definition) is 4. The number of piperazine rings is 1. The summed E-state index contributed by atoms with van der Waals surface area (Å²) >= 11 is 6.17. The zero-order valence-corrected chi connectivity index (χ0v) is 21.7. The monoisotopic (exact) mass is 501 g/mol. The molecule has 1 fully saturated rings. The molecular weight excluding hydrogens is 466 g/mol. The van der Waals surface area contributed by atoms with Crippen LogP contribution in [0.15, 0.2) is 72.8 Å². The van der Waals surface area contributed by atoms with Crippen LogP contribution in [0.4, 0.5) is 0 Å². The van der Waals surface area contributed by atoms with Crippen molar-refractivity contribution in [1.82, 2.24) is 15.1 Å². The van der Waals surface area contributed by atoms with Crippen LogP contribution in [0.1, 0.15) is 57.9 Å². The summed E-state index contributed by atoms with van der Waals surface area (Å²) in [6.07, 6.45) is 3.79. The number of Topliss-reactive ketones (excluding diaryl/α,β-unsaturated/α-hetero) is 1. The number of carbonyl (C=O) groups excluding carboxylic acids is 1. The van der Waals surface area contributed by atoms with E-state index >= 15 is 0 Å². The van der Waals surface area contributed by atoms with Crippen molar-refractivity contribution < 1.29 is 4.79 Å². The number of rotatable bonds is 8. The lowest BCUT2D eigenvalue weighted by Crippen LogP contribution is -2.48. The van der Waals surface area contributed by atoms with Crippen LogP contribution in [0.25, 0.3) is 0 Å². The molecule has 1 atom stereocenters. The van der Waals surface area contributed by atoms with Crippen LogP contribution in [0, 0.1) is 0 Å². The van der Waals surface area contributed by atoms with Crippen LogP contribution in [-0.4, -0.2) is 54.9 Å². The highest BCUT2D eigenvalue weighted by atomic mass is 35.5. The molecule has 3 aromatic carbocycles. The van der Waals surface area contributed by atoms with E-state index in [9.17, 15) is 4.79 Å². The molecule has 188 valence electrons. The van der Waals surface area contributed by atoms with E-state index in [-0.39, 0.29) is 11.8 Å². The van der Waals surface area contributed by atoms with Crippen molar-refractivity contribution in [2.75, 3.05) is 39.3 Å². The zero-order valence-electron chi connectivity index (χ0n) is 21.0. The molecule has 5 heteroatoms. The van der Waals surface area contributed by atoms with Crippen molar-refractivity contribution in [1.29, 1.82) is 0 Å². The van der Waals surface area contributed by atoms with Gasteiger partial charge in [-0.15, -0.1) is 0 Å². The van der Waals surface area contributed by atoms with Crippen LogP contribution in [0.2, 0.25) is 5.02 Å². The standard InChI is InChI=1S/C31H36ClN3O/c32-29-14-12-26(13-15-29)31(25-6-2-1-3-7-25)35-20-18-34(19-21-35)17-5-9-30(36)27-11-10-24-8-4-16-33-23-28(24)22-27/h1-3,6-7,10-15,22,31,33H,4-5,8-9,16-21,23H2. The van der Waals surface area contributed by atoms with E-state index < -0.39 is 0 Å². The van der Waals surface area contributed by atoms with E-state index in [1.165, 1.54) is 28.7 Å². The maximum absolute atomic E-state index is 12.9. The molecule has 2 aliphatic rings. The van der Waals surface area contributed by atoms with E-state index in [0.29, 0.717) is 6.42 Å². The molecule has 5 rings (SSSR count). The maximum atomic E-state index is 12.9. The second-order valence-electron chi connectivity index (χ2n) is 10.0. The number of aryl methyl sites for hydroxylation is 1. The average molecular weight is 502 g/mol. The first-order chi connectivity index (χ1) is 17.7. The topological polar surface area (TPSA) is 35.6 Å². The second-order valence-corrected chi connectivity index (χ2v) is 10.5. The number of ketones is 1. The van der Waals surface area contributed by atoms with Crippen molar-refractivity contribution in [3.8, 4) is 0 Å². The summed E-state index contributed by atoms with van der Waals surface area (Å²) in [7, 11) is 0. The number of nitrogens with one attached hydrogen (secondary N) is 1. The molecular formula is C31H36ClN3O. The Balaban J connectivity index is 1.14. The van der Waals surface area contributed by atoms with E-state index in [1.807, 2.05) is 18.2 Å². The molecule has 0 aromatic heterocycles. The largest absolute Gasteiger partial charge is 0.313 e. The van der Waals surface area contributed by atoms with Crippen molar-refractivity contribution >= 4 is 17.4 Å². The first kappa shape index (κ1) is 25.2. The van der Waals surface area contributed by atoms with Gasteiger partial charge in [0.2, 0.25) is 0 Å². The summed E-state index contributed by atoms with van der Waals surface area (Å²) in [5, 5.41) is 4.23. The normalized spacial score (nSPS) is 17.8. The SMILES string of the molecule is O=C(CCCN1CCN(C(c2ccccc2)c2ccc(Cl)cc2)CC1)c1ccc2c(c1)CNCCC2. The van der Waals surface area contributed by atoms with Gasteiger partial charge in [0, 0.05) is 49.7 Å². The Bertz CT molecular complexity index is 1140. The molecule has 3 aromatic rings. The van der Waals surface area contributed by atoms with Gasteiger partial charge in [0.25, 0.3) is 0 Å². The molecule has 1 saturated heterocycles. The molecule has 4 nitrogen and oxygen atoms in total. The maximum Gasteiger partial charge on any atom is 0.162 e. The highest BCUT2D eigenvalue weighted by Crippen LogP contribution is 2.30. The van der Waals surface area contributed by atoms with Gasteiger partial charge in [0.15, 0.2) is 5.78 Å². The van der Waals surface area contributed by atoms with Gasteiger partial charge >= 0.3 is 0 Å². The van der Waals surface area contributed by atoms with E-state index in [4.69, 9.17) is 11.6 Å². The van der Waals surface area contributed by atoms with Gasteiger partial charge in [-0.05, 0) is 72.8 Å². The van der Waals surface area contributed by atoms with Crippen molar-refractivity contribution in [3.05, 3.63) is 106 Å². The molecule has 0 radical (unpaired) electrons. The number of carbonyl (C=O) groups is 1. The van der Waals surface area contributed by atoms with Crippen LogP contribution >= 0.6 is 11.6 Å². The summed E-state index contributed by atoms with van der Waals surface area (Å²) in [6.45, 7) is 6.97. The van der Waals surface area contributed by atoms with Gasteiger partial charge < -0.3 is 10.2 Å². The van der Waals surface area contributed by atoms with E-state index in [2.05, 4.69) is 69.7 Å². The Morgan fingerprint density at radius 3 is 2.42 bits per heavy atom. The lowest BCUT2D eigenvalue weighted by molar-refractivity contribution is 0.0942. The molecule has 0 bridgehead atoms. The van der Waals surface area contributed by atoms with Gasteiger partial charge in [-0.25, -0.2) is 0 Å². The Labute approximate surface area is 220 Å². The summed E-state index contributed by atoms with van der Waals surface area (Å²) in [4.78, 5) is 18.0. The fraction of sp³-hybridized carbons (Fsp3) is 0.387. The van der Waals surface area contributed by atoms with Crippen molar-refractivity contribution in [2.24, 2.45) is 0 Å². The Morgan fingerprint density at radius 1 is 0.889 bits per heavy atom. The fourth-order valence-electron chi connectivity index (χ4n) is 5.58. The lowest BCUT2D eigenvalue weighted by Gasteiger charge is -2.39. The fourth-order valence-corrected chi connectivity index (χ4v) is 5.71. The third-order valence-corrected chi connectivity index (χ3v) is 7.85. The Morgan fingerprint density at radius 2 is 1.64 bits per heavy atom. The molecule has 0 amide bonds.